The van der Waals surface area contributed by atoms with Gasteiger partial charge in [0.15, 0.2) is 0 Å². The SMILES string of the molecule is O=C1C2C(C(=O)N1c1ccc(OCCO)cc1)C1C(=O)N(c3ccc(OCCO)cc3)C(=O)C21. The summed E-state index contributed by atoms with van der Waals surface area (Å²) in [5.74, 6) is -4.46. The number of anilines is 2. The maximum absolute atomic E-state index is 13.1. The second-order valence-electron chi connectivity index (χ2n) is 8.26. The van der Waals surface area contributed by atoms with Gasteiger partial charge in [-0.1, -0.05) is 0 Å². The van der Waals surface area contributed by atoms with Crippen LogP contribution < -0.4 is 19.3 Å². The van der Waals surface area contributed by atoms with Crippen LogP contribution >= 0.6 is 0 Å². The second kappa shape index (κ2) is 8.54. The van der Waals surface area contributed by atoms with Gasteiger partial charge in [0, 0.05) is 0 Å². The zero-order valence-electron chi connectivity index (χ0n) is 18.0. The van der Waals surface area contributed by atoms with Crippen molar-refractivity contribution in [2.24, 2.45) is 23.7 Å². The third-order valence-electron chi connectivity index (χ3n) is 6.48. The van der Waals surface area contributed by atoms with Crippen molar-refractivity contribution in [3.8, 4) is 11.5 Å². The van der Waals surface area contributed by atoms with Crippen LogP contribution in [0.4, 0.5) is 11.4 Å². The second-order valence-corrected chi connectivity index (χ2v) is 8.26. The molecule has 2 aromatic carbocycles. The van der Waals surface area contributed by atoms with Crippen molar-refractivity contribution in [1.82, 2.24) is 0 Å². The number of imide groups is 2. The number of fused-ring (bicyclic) bond motifs is 4. The van der Waals surface area contributed by atoms with Gasteiger partial charge in [-0.15, -0.1) is 0 Å². The van der Waals surface area contributed by atoms with Crippen molar-refractivity contribution in [1.29, 1.82) is 0 Å². The van der Waals surface area contributed by atoms with E-state index < -0.39 is 47.3 Å². The lowest BCUT2D eigenvalue weighted by molar-refractivity contribution is -0.146. The molecule has 3 fully saturated rings. The van der Waals surface area contributed by atoms with Gasteiger partial charge < -0.3 is 19.7 Å². The van der Waals surface area contributed by atoms with Crippen molar-refractivity contribution in [2.75, 3.05) is 36.2 Å². The minimum absolute atomic E-state index is 0.119. The van der Waals surface area contributed by atoms with Gasteiger partial charge in [0.25, 0.3) is 0 Å². The first kappa shape index (κ1) is 22.1. The van der Waals surface area contributed by atoms with Gasteiger partial charge in [-0.05, 0) is 48.5 Å². The normalized spacial score (nSPS) is 25.4. The molecule has 2 aromatic rings. The van der Waals surface area contributed by atoms with E-state index in [1.165, 1.54) is 0 Å². The van der Waals surface area contributed by atoms with Crippen LogP contribution in [0.15, 0.2) is 48.5 Å². The van der Waals surface area contributed by atoms with E-state index in [-0.39, 0.29) is 26.4 Å². The van der Waals surface area contributed by atoms with Crippen LogP contribution in [-0.4, -0.2) is 60.3 Å². The zero-order chi connectivity index (χ0) is 24.0. The molecule has 3 aliphatic rings. The Kier molecular flexibility index (Phi) is 5.54. The molecular weight excluding hydrogens is 444 g/mol. The van der Waals surface area contributed by atoms with E-state index in [0.717, 1.165) is 9.80 Å². The smallest absolute Gasteiger partial charge is 0.238 e. The lowest BCUT2D eigenvalue weighted by Gasteiger charge is -2.36. The summed E-state index contributed by atoms with van der Waals surface area (Å²) in [5, 5.41) is 17.7. The molecule has 0 unspecified atom stereocenters. The average molecular weight is 466 g/mol. The molecule has 1 saturated carbocycles. The number of ether oxygens (including phenoxy) is 2. The number of amides is 4. The molecule has 34 heavy (non-hydrogen) atoms. The van der Waals surface area contributed by atoms with Crippen molar-refractivity contribution in [2.45, 2.75) is 0 Å². The molecule has 2 saturated heterocycles. The fourth-order valence-corrected chi connectivity index (χ4v) is 5.01. The summed E-state index contributed by atoms with van der Waals surface area (Å²) in [6.45, 7) is -0.0451. The van der Waals surface area contributed by atoms with E-state index >= 15 is 0 Å². The third kappa shape index (κ3) is 3.25. The molecule has 5 rings (SSSR count). The van der Waals surface area contributed by atoms with Crippen LogP contribution in [0.2, 0.25) is 0 Å². The average Bonchev–Trinajstić information content (AvgIpc) is 3.15. The number of rotatable bonds is 8. The van der Waals surface area contributed by atoms with Crippen LogP contribution in [0.1, 0.15) is 0 Å². The zero-order valence-corrected chi connectivity index (χ0v) is 18.0. The fraction of sp³-hybridized carbons (Fsp3) is 0.333. The topological polar surface area (TPSA) is 134 Å². The molecule has 2 N–H and O–H groups in total. The molecule has 0 spiro atoms. The number of hydrogen-bond donors (Lipinski definition) is 2. The number of carbonyl (C=O) groups is 4. The van der Waals surface area contributed by atoms with E-state index in [1.54, 1.807) is 48.5 Å². The number of benzene rings is 2. The molecule has 10 heteroatoms. The van der Waals surface area contributed by atoms with Crippen LogP contribution in [-0.2, 0) is 19.2 Å². The number of hydrogen-bond acceptors (Lipinski definition) is 8. The van der Waals surface area contributed by atoms with Gasteiger partial charge in [0.2, 0.25) is 23.6 Å². The summed E-state index contributed by atoms with van der Waals surface area (Å²) >= 11 is 0. The first-order valence-electron chi connectivity index (χ1n) is 10.9. The Bertz CT molecular complexity index is 1010. The molecule has 0 radical (unpaired) electrons. The first-order valence-corrected chi connectivity index (χ1v) is 10.9. The Labute approximate surface area is 194 Å². The van der Waals surface area contributed by atoms with Crippen molar-refractivity contribution < 1.29 is 38.9 Å². The predicted molar refractivity (Wildman–Crippen MR) is 117 cm³/mol. The molecule has 4 amide bonds. The highest BCUT2D eigenvalue weighted by molar-refractivity contribution is 6.32. The summed E-state index contributed by atoms with van der Waals surface area (Å²) in [6.07, 6.45) is 0. The highest BCUT2D eigenvalue weighted by Gasteiger charge is 2.73. The fourth-order valence-electron chi connectivity index (χ4n) is 5.01. The minimum Gasteiger partial charge on any atom is -0.491 e. The summed E-state index contributed by atoms with van der Waals surface area (Å²) in [5.41, 5.74) is 0.683. The largest absolute Gasteiger partial charge is 0.491 e. The number of aliphatic hydroxyl groups is 2. The third-order valence-corrected chi connectivity index (χ3v) is 6.48. The lowest BCUT2D eigenvalue weighted by atomic mass is 9.59. The molecule has 0 atom stereocenters. The highest BCUT2D eigenvalue weighted by Crippen LogP contribution is 2.57. The molecule has 0 aromatic heterocycles. The van der Waals surface area contributed by atoms with Gasteiger partial charge in [0.1, 0.15) is 24.7 Å². The Morgan fingerprint density at radius 3 is 1.12 bits per heavy atom. The van der Waals surface area contributed by atoms with Crippen molar-refractivity contribution in [3.63, 3.8) is 0 Å². The van der Waals surface area contributed by atoms with Gasteiger partial charge in [-0.25, -0.2) is 0 Å². The maximum Gasteiger partial charge on any atom is 0.238 e. The molecule has 1 aliphatic carbocycles. The van der Waals surface area contributed by atoms with E-state index in [1.807, 2.05) is 0 Å². The van der Waals surface area contributed by atoms with Gasteiger partial charge in [0.05, 0.1) is 48.3 Å². The standard InChI is InChI=1S/C24H22N2O8/c27-9-11-33-15-5-1-13(2-6-15)25-21(29)17-18(22(25)30)20-19(17)23(31)26(24(20)32)14-3-7-16(8-4-14)34-12-10-28/h1-8,17-20,27-28H,9-12H2. The van der Waals surface area contributed by atoms with E-state index in [2.05, 4.69) is 0 Å². The molecule has 2 heterocycles. The summed E-state index contributed by atoms with van der Waals surface area (Å²) in [6, 6.07) is 12.5. The van der Waals surface area contributed by atoms with E-state index in [0.29, 0.717) is 22.9 Å². The molecular formula is C24H22N2O8. The van der Waals surface area contributed by atoms with Crippen molar-refractivity contribution in [3.05, 3.63) is 48.5 Å². The quantitative estimate of drug-likeness (QED) is 0.533. The summed E-state index contributed by atoms with van der Waals surface area (Å²) < 4.78 is 10.6. The number of carbonyl (C=O) groups excluding carboxylic acids is 4. The van der Waals surface area contributed by atoms with Crippen LogP contribution in [0, 0.1) is 23.7 Å². The Hall–Kier alpha value is -3.76. The predicted octanol–water partition coefficient (Wildman–Crippen LogP) is 0.354. The van der Waals surface area contributed by atoms with Gasteiger partial charge in [-0.3, -0.25) is 29.0 Å². The molecule has 176 valence electrons. The van der Waals surface area contributed by atoms with Crippen LogP contribution in [0.5, 0.6) is 11.5 Å². The van der Waals surface area contributed by atoms with Gasteiger partial charge in [-0.2, -0.15) is 0 Å². The summed E-state index contributed by atoms with van der Waals surface area (Å²) in [7, 11) is 0. The number of nitrogens with zero attached hydrogens (tertiary/aromatic N) is 2. The van der Waals surface area contributed by atoms with E-state index in [9.17, 15) is 19.2 Å². The Balaban J connectivity index is 1.35. The first-order chi connectivity index (χ1) is 16.5. The van der Waals surface area contributed by atoms with Crippen LogP contribution in [0.3, 0.4) is 0 Å². The monoisotopic (exact) mass is 466 g/mol. The Morgan fingerprint density at radius 2 is 0.853 bits per heavy atom. The van der Waals surface area contributed by atoms with E-state index in [4.69, 9.17) is 19.7 Å². The Morgan fingerprint density at radius 1 is 0.559 bits per heavy atom. The van der Waals surface area contributed by atoms with Gasteiger partial charge >= 0.3 is 0 Å². The summed E-state index contributed by atoms with van der Waals surface area (Å²) in [4.78, 5) is 54.6. The minimum atomic E-state index is -0.864. The molecule has 10 nitrogen and oxygen atoms in total. The lowest BCUT2D eigenvalue weighted by Crippen LogP contribution is -2.50. The molecule has 2 aliphatic heterocycles. The maximum atomic E-state index is 13.1. The van der Waals surface area contributed by atoms with Crippen LogP contribution in [0.25, 0.3) is 0 Å². The molecule has 0 bridgehead atoms. The van der Waals surface area contributed by atoms with Crippen molar-refractivity contribution >= 4 is 35.0 Å². The highest BCUT2D eigenvalue weighted by atomic mass is 16.5. The number of aliphatic hydroxyl groups excluding tert-OH is 2.